The lowest BCUT2D eigenvalue weighted by molar-refractivity contribution is -0.130. The molecule has 1 amide bonds. The number of ketones is 1. The number of amides is 1. The average molecular weight is 289 g/mol. The Hall–Kier alpha value is -2.14. The first kappa shape index (κ1) is 15.3. The van der Waals surface area contributed by atoms with E-state index in [4.69, 9.17) is 4.74 Å². The zero-order chi connectivity index (χ0) is 15.4. The van der Waals surface area contributed by atoms with Gasteiger partial charge in [0.05, 0.1) is 18.2 Å². The number of methoxy groups -OCH3 is 1. The maximum atomic E-state index is 12.2. The first-order valence-electron chi connectivity index (χ1n) is 6.93. The molecule has 1 unspecified atom stereocenters. The Labute approximate surface area is 123 Å². The van der Waals surface area contributed by atoms with Crippen molar-refractivity contribution in [1.82, 2.24) is 4.90 Å². The molecule has 0 saturated heterocycles. The molecule has 1 N–H and O–H groups in total. The molecular formula is C16H19NO4. The first-order valence-corrected chi connectivity index (χ1v) is 6.93. The quantitative estimate of drug-likeness (QED) is 0.870. The Kier molecular flexibility index (Phi) is 4.75. The van der Waals surface area contributed by atoms with E-state index in [-0.39, 0.29) is 17.8 Å². The van der Waals surface area contributed by atoms with Crippen LogP contribution in [0.1, 0.15) is 24.9 Å². The van der Waals surface area contributed by atoms with Crippen molar-refractivity contribution in [3.05, 3.63) is 47.2 Å². The largest absolute Gasteiger partial charge is 0.503 e. The van der Waals surface area contributed by atoms with Crippen LogP contribution in [-0.2, 0) is 14.3 Å². The molecule has 0 bridgehead atoms. The van der Waals surface area contributed by atoms with Gasteiger partial charge in [-0.05, 0) is 5.56 Å². The number of benzene rings is 1. The number of aliphatic hydroxyl groups excluding tert-OH is 1. The van der Waals surface area contributed by atoms with Gasteiger partial charge in [-0.2, -0.15) is 0 Å². The third-order valence-electron chi connectivity index (χ3n) is 3.58. The normalized spacial score (nSPS) is 18.5. The summed E-state index contributed by atoms with van der Waals surface area (Å²) >= 11 is 0. The van der Waals surface area contributed by atoms with Crippen molar-refractivity contribution in [3.63, 3.8) is 0 Å². The third-order valence-corrected chi connectivity index (χ3v) is 3.58. The standard InChI is InChI=1S/C16H19NO4/c1-3-12(18)13-14(11-7-5-4-6-8-11)17(9-10-21-2)16(20)15(13)19/h4-8,14,19H,3,9-10H2,1-2H3. The van der Waals surface area contributed by atoms with Crippen molar-refractivity contribution >= 4 is 11.7 Å². The molecule has 1 aliphatic rings. The zero-order valence-electron chi connectivity index (χ0n) is 12.2. The number of carbonyl (C=O) groups is 2. The molecule has 1 heterocycles. The van der Waals surface area contributed by atoms with Crippen LogP contribution in [0.2, 0.25) is 0 Å². The van der Waals surface area contributed by atoms with Gasteiger partial charge in [-0.3, -0.25) is 9.59 Å². The summed E-state index contributed by atoms with van der Waals surface area (Å²) in [5.41, 5.74) is 0.993. The summed E-state index contributed by atoms with van der Waals surface area (Å²) in [5.74, 6) is -1.17. The number of hydrogen-bond acceptors (Lipinski definition) is 4. The third kappa shape index (κ3) is 2.83. The summed E-state index contributed by atoms with van der Waals surface area (Å²) in [4.78, 5) is 25.9. The molecule has 1 aromatic rings. The molecule has 0 saturated carbocycles. The molecule has 5 nitrogen and oxygen atoms in total. The number of Topliss-reactive ketones (excluding diaryl/α,β-unsaturated/α-hetero) is 1. The molecule has 21 heavy (non-hydrogen) atoms. The van der Waals surface area contributed by atoms with E-state index in [0.717, 1.165) is 5.56 Å². The van der Waals surface area contributed by atoms with Crippen LogP contribution in [-0.4, -0.2) is 42.0 Å². The molecule has 1 atom stereocenters. The van der Waals surface area contributed by atoms with E-state index in [2.05, 4.69) is 0 Å². The monoisotopic (exact) mass is 289 g/mol. The van der Waals surface area contributed by atoms with E-state index in [1.807, 2.05) is 30.3 Å². The van der Waals surface area contributed by atoms with E-state index >= 15 is 0 Å². The molecule has 1 aliphatic heterocycles. The Morgan fingerprint density at radius 3 is 2.57 bits per heavy atom. The van der Waals surface area contributed by atoms with Gasteiger partial charge in [-0.25, -0.2) is 0 Å². The van der Waals surface area contributed by atoms with Crippen LogP contribution in [0.15, 0.2) is 41.7 Å². The molecular weight excluding hydrogens is 270 g/mol. The number of ether oxygens (including phenoxy) is 1. The van der Waals surface area contributed by atoms with Gasteiger partial charge in [0.1, 0.15) is 0 Å². The second kappa shape index (κ2) is 6.54. The smallest absolute Gasteiger partial charge is 0.290 e. The summed E-state index contributed by atoms with van der Waals surface area (Å²) in [5, 5.41) is 10.1. The van der Waals surface area contributed by atoms with Crippen LogP contribution in [0.25, 0.3) is 0 Å². The van der Waals surface area contributed by atoms with Crippen LogP contribution in [0, 0.1) is 0 Å². The van der Waals surface area contributed by atoms with E-state index in [1.165, 1.54) is 4.90 Å². The van der Waals surface area contributed by atoms with Crippen LogP contribution < -0.4 is 0 Å². The maximum Gasteiger partial charge on any atom is 0.290 e. The second-order valence-electron chi connectivity index (χ2n) is 4.84. The maximum absolute atomic E-state index is 12.2. The predicted octanol–water partition coefficient (Wildman–Crippen LogP) is 2.01. The van der Waals surface area contributed by atoms with E-state index in [1.54, 1.807) is 14.0 Å². The van der Waals surface area contributed by atoms with Gasteiger partial charge in [0.2, 0.25) is 0 Å². The number of carbonyl (C=O) groups excluding carboxylic acids is 2. The molecule has 1 aromatic carbocycles. The average Bonchev–Trinajstić information content (AvgIpc) is 2.77. The van der Waals surface area contributed by atoms with Crippen molar-refractivity contribution in [3.8, 4) is 0 Å². The fourth-order valence-corrected chi connectivity index (χ4v) is 2.53. The van der Waals surface area contributed by atoms with E-state index in [0.29, 0.717) is 13.2 Å². The van der Waals surface area contributed by atoms with Gasteiger partial charge in [-0.15, -0.1) is 0 Å². The van der Waals surface area contributed by atoms with Gasteiger partial charge in [-0.1, -0.05) is 37.3 Å². The van der Waals surface area contributed by atoms with Gasteiger partial charge < -0.3 is 14.7 Å². The van der Waals surface area contributed by atoms with Crippen LogP contribution in [0.3, 0.4) is 0 Å². The highest BCUT2D eigenvalue weighted by molar-refractivity contribution is 6.08. The van der Waals surface area contributed by atoms with Gasteiger partial charge in [0.15, 0.2) is 11.5 Å². The highest BCUT2D eigenvalue weighted by atomic mass is 16.5. The van der Waals surface area contributed by atoms with E-state index in [9.17, 15) is 14.7 Å². The highest BCUT2D eigenvalue weighted by Crippen LogP contribution is 2.37. The van der Waals surface area contributed by atoms with Crippen molar-refractivity contribution in [2.24, 2.45) is 0 Å². The van der Waals surface area contributed by atoms with Crippen molar-refractivity contribution < 1.29 is 19.4 Å². The lowest BCUT2D eigenvalue weighted by Crippen LogP contribution is -2.33. The molecule has 2 rings (SSSR count). The van der Waals surface area contributed by atoms with Gasteiger partial charge in [0.25, 0.3) is 5.91 Å². The minimum absolute atomic E-state index is 0.185. The fourth-order valence-electron chi connectivity index (χ4n) is 2.53. The molecule has 0 aromatic heterocycles. The Morgan fingerprint density at radius 2 is 2.00 bits per heavy atom. The Bertz CT molecular complexity index is 565. The molecule has 0 radical (unpaired) electrons. The lowest BCUT2D eigenvalue weighted by atomic mass is 9.95. The molecule has 0 aliphatic carbocycles. The predicted molar refractivity (Wildman–Crippen MR) is 77.7 cm³/mol. The Balaban J connectivity index is 2.45. The highest BCUT2D eigenvalue weighted by Gasteiger charge is 2.42. The Morgan fingerprint density at radius 1 is 1.33 bits per heavy atom. The van der Waals surface area contributed by atoms with Crippen LogP contribution in [0.5, 0.6) is 0 Å². The van der Waals surface area contributed by atoms with Gasteiger partial charge >= 0.3 is 0 Å². The number of aliphatic hydroxyl groups is 1. The minimum Gasteiger partial charge on any atom is -0.503 e. The summed E-state index contributed by atoms with van der Waals surface area (Å²) < 4.78 is 5.01. The second-order valence-corrected chi connectivity index (χ2v) is 4.84. The first-order chi connectivity index (χ1) is 10.1. The van der Waals surface area contributed by atoms with Crippen LogP contribution in [0.4, 0.5) is 0 Å². The SMILES string of the molecule is CCC(=O)C1=C(O)C(=O)N(CCOC)C1c1ccccc1. The van der Waals surface area contributed by atoms with Crippen molar-refractivity contribution in [2.45, 2.75) is 19.4 Å². The number of rotatable bonds is 6. The minimum atomic E-state index is -0.540. The van der Waals surface area contributed by atoms with Crippen LogP contribution >= 0.6 is 0 Å². The molecule has 0 fully saturated rings. The summed E-state index contributed by atoms with van der Waals surface area (Å²) in [6.45, 7) is 2.38. The summed E-state index contributed by atoms with van der Waals surface area (Å²) in [6.07, 6.45) is 0.244. The lowest BCUT2D eigenvalue weighted by Gasteiger charge is -2.26. The molecule has 0 spiro atoms. The molecule has 5 heteroatoms. The summed E-state index contributed by atoms with van der Waals surface area (Å²) in [7, 11) is 1.55. The number of hydrogen-bond donors (Lipinski definition) is 1. The fraction of sp³-hybridized carbons (Fsp3) is 0.375. The number of nitrogens with zero attached hydrogens (tertiary/aromatic N) is 1. The molecule has 112 valence electrons. The topological polar surface area (TPSA) is 66.8 Å². The zero-order valence-corrected chi connectivity index (χ0v) is 12.2. The van der Waals surface area contributed by atoms with E-state index < -0.39 is 17.7 Å². The van der Waals surface area contributed by atoms with Crippen molar-refractivity contribution in [1.29, 1.82) is 0 Å². The van der Waals surface area contributed by atoms with Gasteiger partial charge in [0, 0.05) is 20.1 Å². The van der Waals surface area contributed by atoms with Crippen molar-refractivity contribution in [2.75, 3.05) is 20.3 Å². The summed E-state index contributed by atoms with van der Waals surface area (Å²) in [6, 6.07) is 8.71.